The van der Waals surface area contributed by atoms with Gasteiger partial charge in [0, 0.05) is 17.5 Å². The van der Waals surface area contributed by atoms with E-state index in [2.05, 4.69) is 73.0 Å². The third-order valence-electron chi connectivity index (χ3n) is 4.64. The minimum atomic E-state index is 1.02. The monoisotopic (exact) mass is 332 g/mol. The summed E-state index contributed by atoms with van der Waals surface area (Å²) in [6.07, 6.45) is 11.9. The fourth-order valence-corrected chi connectivity index (χ4v) is 3.20. The lowest BCUT2D eigenvalue weighted by molar-refractivity contribution is 0.798. The number of imidazole rings is 1. The zero-order chi connectivity index (χ0) is 17.5. The maximum atomic E-state index is 4.84. The third kappa shape index (κ3) is 4.19. The first-order valence-electron chi connectivity index (χ1n) is 9.56. The van der Waals surface area contributed by atoms with Gasteiger partial charge in [0.05, 0.1) is 5.69 Å². The van der Waals surface area contributed by atoms with Crippen molar-refractivity contribution in [3.05, 3.63) is 66.5 Å². The van der Waals surface area contributed by atoms with Crippen molar-refractivity contribution in [3.63, 3.8) is 0 Å². The molecule has 0 fully saturated rings. The summed E-state index contributed by atoms with van der Waals surface area (Å²) in [7, 11) is 0. The van der Waals surface area contributed by atoms with E-state index >= 15 is 0 Å². The van der Waals surface area contributed by atoms with Crippen LogP contribution in [0.25, 0.3) is 22.5 Å². The molecule has 0 amide bonds. The van der Waals surface area contributed by atoms with E-state index in [1.807, 2.05) is 6.07 Å². The first-order chi connectivity index (χ1) is 12.3. The Morgan fingerprint density at radius 3 is 2.52 bits per heavy atom. The number of hydrogen-bond donors (Lipinski definition) is 0. The first kappa shape index (κ1) is 17.5. The topological polar surface area (TPSA) is 17.3 Å². The van der Waals surface area contributed by atoms with Gasteiger partial charge in [0.15, 0.2) is 0 Å². The molecule has 0 atom stereocenters. The normalized spacial score (nSPS) is 12.0. The van der Waals surface area contributed by atoms with E-state index in [1.165, 1.54) is 42.5 Å². The number of nitrogens with zero attached hydrogens (tertiary/aromatic N) is 2. The molecule has 3 aromatic rings. The van der Waals surface area contributed by atoms with Gasteiger partial charge in [0.2, 0.25) is 0 Å². The molecule has 0 aliphatic rings. The fraction of sp³-hybridized carbons (Fsp3) is 0.348. The van der Waals surface area contributed by atoms with E-state index in [1.54, 1.807) is 0 Å². The highest BCUT2D eigenvalue weighted by Gasteiger charge is 2.10. The fourth-order valence-electron chi connectivity index (χ4n) is 3.20. The second-order valence-corrected chi connectivity index (χ2v) is 6.61. The Bertz CT molecular complexity index is 828. The molecular weight excluding hydrogens is 304 g/mol. The second kappa shape index (κ2) is 8.66. The zero-order valence-electron chi connectivity index (χ0n) is 15.4. The van der Waals surface area contributed by atoms with Gasteiger partial charge in [0.1, 0.15) is 5.65 Å². The van der Waals surface area contributed by atoms with Gasteiger partial charge in [-0.05, 0) is 37.0 Å². The van der Waals surface area contributed by atoms with Gasteiger partial charge < -0.3 is 0 Å². The van der Waals surface area contributed by atoms with Gasteiger partial charge in [-0.25, -0.2) is 4.98 Å². The van der Waals surface area contributed by atoms with E-state index in [-0.39, 0.29) is 0 Å². The Kier molecular flexibility index (Phi) is 6.05. The van der Waals surface area contributed by atoms with Crippen LogP contribution in [0.1, 0.15) is 58.1 Å². The highest BCUT2D eigenvalue weighted by molar-refractivity contribution is 5.69. The van der Waals surface area contributed by atoms with Gasteiger partial charge in [0.25, 0.3) is 0 Å². The Labute approximate surface area is 151 Å². The number of unbranched alkanes of at least 4 members (excludes halogenated alkanes) is 3. The van der Waals surface area contributed by atoms with Crippen LogP contribution in [0.2, 0.25) is 0 Å². The summed E-state index contributed by atoms with van der Waals surface area (Å²) in [5.74, 6) is 0. The van der Waals surface area contributed by atoms with Gasteiger partial charge in [-0.3, -0.25) is 4.40 Å². The molecule has 3 rings (SSSR count). The molecule has 2 nitrogen and oxygen atoms in total. The maximum absolute atomic E-state index is 4.84. The van der Waals surface area contributed by atoms with Crippen LogP contribution in [0, 0.1) is 0 Å². The largest absolute Gasteiger partial charge is 0.299 e. The predicted molar refractivity (Wildman–Crippen MR) is 108 cm³/mol. The average Bonchev–Trinajstić information content (AvgIpc) is 3.10. The molecular formula is C23H28N2. The molecule has 2 aromatic heterocycles. The molecule has 2 heterocycles. The number of rotatable bonds is 8. The summed E-state index contributed by atoms with van der Waals surface area (Å²) >= 11 is 0. The van der Waals surface area contributed by atoms with Crippen molar-refractivity contribution >= 4 is 11.2 Å². The van der Waals surface area contributed by atoms with Crippen LogP contribution in [0.3, 0.4) is 0 Å². The van der Waals surface area contributed by atoms with Gasteiger partial charge in [-0.2, -0.15) is 0 Å². The number of pyridine rings is 1. The third-order valence-corrected chi connectivity index (χ3v) is 4.64. The number of allylic oxidation sites excluding steroid dienone is 2. The summed E-state index contributed by atoms with van der Waals surface area (Å²) in [6, 6.07) is 16.9. The summed E-state index contributed by atoms with van der Waals surface area (Å²) in [5.41, 5.74) is 5.97. The molecule has 0 N–H and O–H groups in total. The first-order valence-corrected chi connectivity index (χ1v) is 9.56. The molecule has 0 bridgehead atoms. The Morgan fingerprint density at radius 1 is 0.960 bits per heavy atom. The molecule has 0 spiro atoms. The smallest absolute Gasteiger partial charge is 0.137 e. The molecule has 0 aliphatic carbocycles. The average molecular weight is 332 g/mol. The summed E-state index contributed by atoms with van der Waals surface area (Å²) in [6.45, 7) is 4.51. The van der Waals surface area contributed by atoms with E-state index < -0.39 is 0 Å². The minimum Gasteiger partial charge on any atom is -0.299 e. The molecule has 0 unspecified atom stereocenters. The van der Waals surface area contributed by atoms with Crippen molar-refractivity contribution in [1.29, 1.82) is 0 Å². The van der Waals surface area contributed by atoms with E-state index in [0.717, 1.165) is 24.2 Å². The van der Waals surface area contributed by atoms with Gasteiger partial charge >= 0.3 is 0 Å². The zero-order valence-corrected chi connectivity index (χ0v) is 15.4. The SMILES string of the molecule is CCCC/C=C(\CCCC)c1cccc2nc(-c3ccccc3)cn12. The maximum Gasteiger partial charge on any atom is 0.137 e. The quantitative estimate of drug-likeness (QED) is 0.416. The number of benzene rings is 1. The van der Waals surface area contributed by atoms with Gasteiger partial charge in [-0.1, -0.05) is 75.6 Å². The van der Waals surface area contributed by atoms with Gasteiger partial charge in [-0.15, -0.1) is 0 Å². The molecule has 0 saturated heterocycles. The van der Waals surface area contributed by atoms with Crippen LogP contribution in [-0.2, 0) is 0 Å². The highest BCUT2D eigenvalue weighted by Crippen LogP contribution is 2.26. The Morgan fingerprint density at radius 2 is 1.76 bits per heavy atom. The summed E-state index contributed by atoms with van der Waals surface area (Å²) < 4.78 is 2.26. The molecule has 25 heavy (non-hydrogen) atoms. The van der Waals surface area contributed by atoms with Crippen LogP contribution in [0.5, 0.6) is 0 Å². The van der Waals surface area contributed by atoms with Crippen molar-refractivity contribution in [2.24, 2.45) is 0 Å². The molecule has 0 aliphatic heterocycles. The van der Waals surface area contributed by atoms with Crippen molar-refractivity contribution < 1.29 is 0 Å². The Hall–Kier alpha value is -2.35. The molecule has 0 radical (unpaired) electrons. The minimum absolute atomic E-state index is 1.02. The summed E-state index contributed by atoms with van der Waals surface area (Å²) in [4.78, 5) is 4.84. The number of aromatic nitrogens is 2. The molecule has 0 saturated carbocycles. The van der Waals surface area contributed by atoms with E-state index in [0.29, 0.717) is 0 Å². The lowest BCUT2D eigenvalue weighted by Gasteiger charge is -2.10. The number of hydrogen-bond acceptors (Lipinski definition) is 1. The molecule has 2 heteroatoms. The molecule has 1 aromatic carbocycles. The van der Waals surface area contributed by atoms with E-state index in [9.17, 15) is 0 Å². The second-order valence-electron chi connectivity index (χ2n) is 6.61. The van der Waals surface area contributed by atoms with Crippen LogP contribution in [-0.4, -0.2) is 9.38 Å². The summed E-state index contributed by atoms with van der Waals surface area (Å²) in [5, 5.41) is 0. The highest BCUT2D eigenvalue weighted by atomic mass is 15.0. The van der Waals surface area contributed by atoms with Crippen molar-refractivity contribution in [1.82, 2.24) is 9.38 Å². The van der Waals surface area contributed by atoms with Crippen LogP contribution >= 0.6 is 0 Å². The van der Waals surface area contributed by atoms with Crippen LogP contribution < -0.4 is 0 Å². The lowest BCUT2D eigenvalue weighted by Crippen LogP contribution is -1.96. The van der Waals surface area contributed by atoms with E-state index in [4.69, 9.17) is 4.98 Å². The van der Waals surface area contributed by atoms with Crippen molar-refractivity contribution in [2.45, 2.75) is 52.4 Å². The molecule has 130 valence electrons. The lowest BCUT2D eigenvalue weighted by atomic mass is 10.0. The van der Waals surface area contributed by atoms with Crippen molar-refractivity contribution in [3.8, 4) is 11.3 Å². The van der Waals surface area contributed by atoms with Crippen LogP contribution in [0.15, 0.2) is 60.8 Å². The number of fused-ring (bicyclic) bond motifs is 1. The Balaban J connectivity index is 2.01. The standard InChI is InChI=1S/C23H28N2/c1-3-5-8-15-20(12-6-4-2)22-16-11-17-23-24-21(18-25(22)23)19-13-9-7-10-14-19/h7,9-11,13-18H,3-6,8,12H2,1-2H3/b20-15+. The van der Waals surface area contributed by atoms with Crippen LogP contribution in [0.4, 0.5) is 0 Å². The van der Waals surface area contributed by atoms with Crippen molar-refractivity contribution in [2.75, 3.05) is 0 Å². The predicted octanol–water partition coefficient (Wildman–Crippen LogP) is 6.77.